The Morgan fingerprint density at radius 2 is 1.96 bits per heavy atom. The minimum absolute atomic E-state index is 0.0335. The third-order valence-corrected chi connectivity index (χ3v) is 6.38. The Morgan fingerprint density at radius 1 is 1.19 bits per heavy atom. The van der Waals surface area contributed by atoms with Gasteiger partial charge in [0.25, 0.3) is 0 Å². The molecule has 1 amide bonds. The van der Waals surface area contributed by atoms with E-state index >= 15 is 0 Å². The largest absolute Gasteiger partial charge is 0.369 e. The number of nitrogens with two attached hydrogens (primary N) is 1. The zero-order valence-corrected chi connectivity index (χ0v) is 17.8. The summed E-state index contributed by atoms with van der Waals surface area (Å²) in [5.41, 5.74) is 5.48. The first-order chi connectivity index (χ1) is 13.1. The fourth-order valence-electron chi connectivity index (χ4n) is 4.72. The van der Waals surface area contributed by atoms with Crippen LogP contribution in [0.3, 0.4) is 0 Å². The van der Waals surface area contributed by atoms with Gasteiger partial charge in [-0.05, 0) is 57.5 Å². The molecule has 2 rings (SSSR count). The lowest BCUT2D eigenvalue weighted by Crippen LogP contribution is -2.42. The van der Waals surface area contributed by atoms with Gasteiger partial charge in [0.15, 0.2) is 5.96 Å². The van der Waals surface area contributed by atoms with Crippen molar-refractivity contribution in [2.24, 2.45) is 28.5 Å². The summed E-state index contributed by atoms with van der Waals surface area (Å²) in [6.07, 6.45) is 6.91. The monoisotopic (exact) mass is 379 g/mol. The molecule has 0 bridgehead atoms. The predicted octanol–water partition coefficient (Wildman–Crippen LogP) is 2.30. The summed E-state index contributed by atoms with van der Waals surface area (Å²) in [4.78, 5) is 21.1. The number of hydrogen-bond acceptors (Lipinski definition) is 3. The average Bonchev–Trinajstić information content (AvgIpc) is 3.15. The molecule has 2 aliphatic rings. The molecule has 3 N–H and O–H groups in total. The first-order valence-electron chi connectivity index (χ1n) is 11.1. The molecule has 2 fully saturated rings. The van der Waals surface area contributed by atoms with Gasteiger partial charge in [-0.3, -0.25) is 9.79 Å². The topological polar surface area (TPSA) is 74.0 Å². The van der Waals surface area contributed by atoms with E-state index in [1.54, 1.807) is 0 Å². The van der Waals surface area contributed by atoms with Crippen LogP contribution in [0.15, 0.2) is 4.99 Å². The van der Waals surface area contributed by atoms with Crippen LogP contribution >= 0.6 is 0 Å². The lowest BCUT2D eigenvalue weighted by atomic mass is 9.87. The summed E-state index contributed by atoms with van der Waals surface area (Å²) in [7, 11) is 0. The van der Waals surface area contributed by atoms with Crippen LogP contribution < -0.4 is 11.1 Å². The van der Waals surface area contributed by atoms with Crippen molar-refractivity contribution >= 4 is 11.9 Å². The summed E-state index contributed by atoms with van der Waals surface area (Å²) >= 11 is 0. The molecule has 27 heavy (non-hydrogen) atoms. The zero-order valence-electron chi connectivity index (χ0n) is 17.8. The molecule has 2 heterocycles. The molecule has 0 radical (unpaired) electrons. The molecule has 0 spiro atoms. The van der Waals surface area contributed by atoms with Crippen molar-refractivity contribution in [1.29, 1.82) is 0 Å². The maximum absolute atomic E-state index is 11.4. The molecule has 0 saturated carbocycles. The second-order valence-corrected chi connectivity index (χ2v) is 8.20. The van der Waals surface area contributed by atoms with Crippen LogP contribution in [-0.2, 0) is 4.79 Å². The van der Waals surface area contributed by atoms with Crippen molar-refractivity contribution in [2.45, 2.75) is 59.3 Å². The minimum atomic E-state index is -0.145. The SMILES string of the molecule is CCNC(=NCCCN1CCCC(C(N)=O)C1)N1CCC(C(CC)CC)C1. The Hall–Kier alpha value is -1.30. The van der Waals surface area contributed by atoms with Crippen molar-refractivity contribution < 1.29 is 4.79 Å². The highest BCUT2D eigenvalue weighted by Crippen LogP contribution is 2.28. The normalized spacial score (nSPS) is 24.6. The molecule has 2 aliphatic heterocycles. The number of amides is 1. The molecule has 0 aromatic carbocycles. The van der Waals surface area contributed by atoms with Gasteiger partial charge in [0.1, 0.15) is 0 Å². The summed E-state index contributed by atoms with van der Waals surface area (Å²) in [6, 6.07) is 0. The van der Waals surface area contributed by atoms with Gasteiger partial charge in [-0.25, -0.2) is 0 Å². The predicted molar refractivity (Wildman–Crippen MR) is 113 cm³/mol. The highest BCUT2D eigenvalue weighted by atomic mass is 16.1. The van der Waals surface area contributed by atoms with E-state index in [-0.39, 0.29) is 11.8 Å². The number of likely N-dealkylation sites (tertiary alicyclic amines) is 2. The highest BCUT2D eigenvalue weighted by Gasteiger charge is 2.29. The van der Waals surface area contributed by atoms with Crippen molar-refractivity contribution in [3.8, 4) is 0 Å². The van der Waals surface area contributed by atoms with Gasteiger partial charge in [-0.1, -0.05) is 26.7 Å². The molecular formula is C21H41N5O. The van der Waals surface area contributed by atoms with Crippen LogP contribution in [0, 0.1) is 17.8 Å². The Bertz CT molecular complexity index is 477. The van der Waals surface area contributed by atoms with Crippen LogP contribution in [0.4, 0.5) is 0 Å². The Morgan fingerprint density at radius 3 is 2.63 bits per heavy atom. The van der Waals surface area contributed by atoms with E-state index in [2.05, 4.69) is 35.9 Å². The molecule has 2 atom stereocenters. The fourth-order valence-corrected chi connectivity index (χ4v) is 4.72. The van der Waals surface area contributed by atoms with Crippen LogP contribution in [0.25, 0.3) is 0 Å². The van der Waals surface area contributed by atoms with Crippen molar-refractivity contribution in [2.75, 3.05) is 45.8 Å². The number of hydrogen-bond donors (Lipinski definition) is 2. The average molecular weight is 380 g/mol. The number of guanidine groups is 1. The van der Waals surface area contributed by atoms with Crippen LogP contribution in [0.1, 0.15) is 59.3 Å². The Labute approximate surface area is 165 Å². The number of primary amides is 1. The van der Waals surface area contributed by atoms with E-state index in [9.17, 15) is 4.79 Å². The molecule has 2 saturated heterocycles. The molecule has 6 nitrogen and oxygen atoms in total. The number of rotatable bonds is 9. The maximum Gasteiger partial charge on any atom is 0.221 e. The van der Waals surface area contributed by atoms with E-state index in [4.69, 9.17) is 10.7 Å². The number of nitrogens with zero attached hydrogens (tertiary/aromatic N) is 3. The number of aliphatic imine (C=N–C) groups is 1. The van der Waals surface area contributed by atoms with Gasteiger partial charge >= 0.3 is 0 Å². The quantitative estimate of drug-likeness (QED) is 0.366. The van der Waals surface area contributed by atoms with Crippen LogP contribution in [0.2, 0.25) is 0 Å². The Kier molecular flexibility index (Phi) is 9.39. The second kappa shape index (κ2) is 11.5. The molecule has 156 valence electrons. The molecule has 0 aliphatic carbocycles. The van der Waals surface area contributed by atoms with E-state index < -0.39 is 0 Å². The molecule has 2 unspecified atom stereocenters. The summed E-state index contributed by atoms with van der Waals surface area (Å²) in [5.74, 6) is 2.62. The van der Waals surface area contributed by atoms with Gasteiger partial charge in [0.2, 0.25) is 5.91 Å². The van der Waals surface area contributed by atoms with Gasteiger partial charge in [0.05, 0.1) is 5.92 Å². The number of nitrogens with one attached hydrogen (secondary N) is 1. The first kappa shape index (κ1) is 22.0. The van der Waals surface area contributed by atoms with Gasteiger partial charge in [0, 0.05) is 32.7 Å². The number of piperidine rings is 1. The fraction of sp³-hybridized carbons (Fsp3) is 0.905. The smallest absolute Gasteiger partial charge is 0.221 e. The highest BCUT2D eigenvalue weighted by molar-refractivity contribution is 5.80. The summed E-state index contributed by atoms with van der Waals surface area (Å²) in [5, 5.41) is 3.48. The van der Waals surface area contributed by atoms with E-state index in [0.29, 0.717) is 0 Å². The van der Waals surface area contributed by atoms with Gasteiger partial charge in [-0.15, -0.1) is 0 Å². The van der Waals surface area contributed by atoms with Crippen molar-refractivity contribution in [1.82, 2.24) is 15.1 Å². The Balaban J connectivity index is 1.79. The zero-order chi connectivity index (χ0) is 19.6. The van der Waals surface area contributed by atoms with E-state index in [1.807, 2.05) is 0 Å². The molecule has 0 aromatic heterocycles. The van der Waals surface area contributed by atoms with Crippen LogP contribution in [-0.4, -0.2) is 67.5 Å². The summed E-state index contributed by atoms with van der Waals surface area (Å²) in [6.45, 7) is 13.7. The maximum atomic E-state index is 11.4. The second-order valence-electron chi connectivity index (χ2n) is 8.20. The van der Waals surface area contributed by atoms with Crippen molar-refractivity contribution in [3.05, 3.63) is 0 Å². The first-order valence-corrected chi connectivity index (χ1v) is 11.1. The molecule has 0 aromatic rings. The summed E-state index contributed by atoms with van der Waals surface area (Å²) < 4.78 is 0. The van der Waals surface area contributed by atoms with Crippen LogP contribution in [0.5, 0.6) is 0 Å². The van der Waals surface area contributed by atoms with E-state index in [0.717, 1.165) is 82.9 Å². The lowest BCUT2D eigenvalue weighted by Gasteiger charge is -2.31. The van der Waals surface area contributed by atoms with Gasteiger partial charge in [-0.2, -0.15) is 0 Å². The van der Waals surface area contributed by atoms with Gasteiger partial charge < -0.3 is 20.9 Å². The van der Waals surface area contributed by atoms with E-state index in [1.165, 1.54) is 19.3 Å². The number of carbonyl (C=O) groups excluding carboxylic acids is 1. The third kappa shape index (κ3) is 6.66. The minimum Gasteiger partial charge on any atom is -0.369 e. The molecular weight excluding hydrogens is 338 g/mol. The standard InChI is InChI=1S/C21H41N5O/c1-4-17(5-2)18-10-14-26(16-18)21(23-6-3)24-11-8-13-25-12-7-9-19(15-25)20(22)27/h17-19H,4-16H2,1-3H3,(H2,22,27)(H,23,24). The molecule has 6 heteroatoms. The number of carbonyl (C=O) groups is 1. The van der Waals surface area contributed by atoms with Crippen molar-refractivity contribution in [3.63, 3.8) is 0 Å². The third-order valence-electron chi connectivity index (χ3n) is 6.38. The lowest BCUT2D eigenvalue weighted by molar-refractivity contribution is -0.123.